The Hall–Kier alpha value is -1.34. The topological polar surface area (TPSA) is 107 Å². The third kappa shape index (κ3) is 13.5. The van der Waals surface area contributed by atoms with Crippen molar-refractivity contribution in [3.8, 4) is 0 Å². The van der Waals surface area contributed by atoms with Crippen molar-refractivity contribution in [3.05, 3.63) is 35.9 Å². The Bertz CT molecular complexity index is 745. The number of carbonyl (C=O) groups excluding carboxylic acids is 1. The zero-order chi connectivity index (χ0) is 26.2. The van der Waals surface area contributed by atoms with Crippen LogP contribution in [0, 0.1) is 0 Å². The summed E-state index contributed by atoms with van der Waals surface area (Å²) in [6.07, 6.45) is 12.3. The Balaban J connectivity index is 2.36. The maximum absolute atomic E-state index is 14.1. The largest absolute Gasteiger partial charge is 0.394 e. The summed E-state index contributed by atoms with van der Waals surface area (Å²) in [6, 6.07) is 6.37. The first-order valence-electron chi connectivity index (χ1n) is 13.0. The lowest BCUT2D eigenvalue weighted by molar-refractivity contribution is -0.123. The molecule has 0 aliphatic rings. The molecule has 0 radical (unpaired) electrons. The molecule has 1 aromatic rings. The standard InChI is InChI=1S/C26H44F2NO5P/c1-2-3-4-5-6-7-8-9-10-11-12-13-17-20-24(30)29-23(21-26(27,28)35(32,33)34)25(31)22-18-15-14-16-19-22/h14-16,18-19,23,25,31H,2-13,17,20-21H2,1H3,(H,29,30)(H2,32,33,34)/t23-,25-/m0/s1. The van der Waals surface area contributed by atoms with Crippen molar-refractivity contribution in [3.63, 3.8) is 0 Å². The van der Waals surface area contributed by atoms with Crippen LogP contribution in [-0.4, -0.2) is 32.5 Å². The van der Waals surface area contributed by atoms with Gasteiger partial charge in [0.25, 0.3) is 0 Å². The van der Waals surface area contributed by atoms with Crippen molar-refractivity contribution in [1.82, 2.24) is 5.32 Å². The van der Waals surface area contributed by atoms with E-state index in [1.807, 2.05) is 0 Å². The number of rotatable bonds is 20. The number of aliphatic hydroxyl groups is 1. The molecule has 0 saturated carbocycles. The van der Waals surface area contributed by atoms with Gasteiger partial charge in [-0.25, -0.2) is 0 Å². The molecule has 2 atom stereocenters. The fourth-order valence-electron chi connectivity index (χ4n) is 4.09. The van der Waals surface area contributed by atoms with Crippen LogP contribution in [0.15, 0.2) is 30.3 Å². The lowest BCUT2D eigenvalue weighted by Crippen LogP contribution is -2.43. The molecular formula is C26H44F2NO5P. The molecule has 9 heteroatoms. The van der Waals surface area contributed by atoms with Gasteiger partial charge in [0.2, 0.25) is 5.91 Å². The lowest BCUT2D eigenvalue weighted by Gasteiger charge is -2.28. The maximum Gasteiger partial charge on any atom is 0.394 e. The van der Waals surface area contributed by atoms with Crippen LogP contribution in [0.2, 0.25) is 0 Å². The van der Waals surface area contributed by atoms with Crippen molar-refractivity contribution in [2.75, 3.05) is 0 Å². The van der Waals surface area contributed by atoms with Gasteiger partial charge in [-0.3, -0.25) is 9.36 Å². The quantitative estimate of drug-likeness (QED) is 0.111. The van der Waals surface area contributed by atoms with Crippen LogP contribution in [0.3, 0.4) is 0 Å². The minimum absolute atomic E-state index is 0.108. The van der Waals surface area contributed by atoms with E-state index in [0.717, 1.165) is 19.3 Å². The molecule has 0 unspecified atom stereocenters. The molecule has 0 aliphatic carbocycles. The number of nitrogens with one attached hydrogen (secondary N) is 1. The third-order valence-electron chi connectivity index (χ3n) is 6.27. The molecule has 0 saturated heterocycles. The van der Waals surface area contributed by atoms with Crippen molar-refractivity contribution < 1.29 is 33.0 Å². The van der Waals surface area contributed by atoms with Crippen LogP contribution in [0.25, 0.3) is 0 Å². The van der Waals surface area contributed by atoms with Crippen LogP contribution in [0.5, 0.6) is 0 Å². The Kier molecular flexibility index (Phi) is 15.5. The van der Waals surface area contributed by atoms with E-state index in [1.165, 1.54) is 69.9 Å². The molecular weight excluding hydrogens is 475 g/mol. The van der Waals surface area contributed by atoms with Gasteiger partial charge < -0.3 is 20.2 Å². The number of aliphatic hydroxyl groups excluding tert-OH is 1. The number of hydrogen-bond donors (Lipinski definition) is 4. The number of carbonyl (C=O) groups is 1. The fourth-order valence-corrected chi connectivity index (χ4v) is 4.52. The molecule has 0 heterocycles. The zero-order valence-corrected chi connectivity index (χ0v) is 21.9. The van der Waals surface area contributed by atoms with Gasteiger partial charge in [0.15, 0.2) is 0 Å². The minimum Gasteiger partial charge on any atom is -0.386 e. The molecule has 35 heavy (non-hydrogen) atoms. The van der Waals surface area contributed by atoms with Gasteiger partial charge >= 0.3 is 13.3 Å². The zero-order valence-electron chi connectivity index (χ0n) is 21.0. The number of hydrogen-bond acceptors (Lipinski definition) is 3. The number of halogens is 2. The molecule has 1 rings (SSSR count). The highest BCUT2D eigenvalue weighted by molar-refractivity contribution is 7.53. The molecule has 0 aliphatic heterocycles. The van der Waals surface area contributed by atoms with Crippen molar-refractivity contribution in [2.24, 2.45) is 0 Å². The van der Waals surface area contributed by atoms with E-state index in [4.69, 9.17) is 9.79 Å². The highest BCUT2D eigenvalue weighted by atomic mass is 31.2. The summed E-state index contributed by atoms with van der Waals surface area (Å²) in [7, 11) is -5.74. The van der Waals surface area contributed by atoms with Crippen LogP contribution in [0.4, 0.5) is 8.78 Å². The first kappa shape index (κ1) is 31.7. The average molecular weight is 520 g/mol. The smallest absolute Gasteiger partial charge is 0.386 e. The summed E-state index contributed by atoms with van der Waals surface area (Å²) in [5.41, 5.74) is -4.09. The van der Waals surface area contributed by atoms with E-state index in [9.17, 15) is 23.2 Å². The minimum atomic E-state index is -5.74. The Morgan fingerprint density at radius 1 is 0.886 bits per heavy atom. The third-order valence-corrected chi connectivity index (χ3v) is 7.30. The average Bonchev–Trinajstić information content (AvgIpc) is 2.81. The second-order valence-electron chi connectivity index (χ2n) is 9.44. The predicted molar refractivity (Wildman–Crippen MR) is 135 cm³/mol. The Morgan fingerprint density at radius 3 is 1.80 bits per heavy atom. The summed E-state index contributed by atoms with van der Waals surface area (Å²) >= 11 is 0. The molecule has 202 valence electrons. The van der Waals surface area contributed by atoms with Gasteiger partial charge in [-0.1, -0.05) is 114 Å². The van der Waals surface area contributed by atoms with E-state index in [2.05, 4.69) is 12.2 Å². The van der Waals surface area contributed by atoms with Crippen molar-refractivity contribution in [2.45, 2.75) is 121 Å². The van der Waals surface area contributed by atoms with E-state index >= 15 is 0 Å². The van der Waals surface area contributed by atoms with E-state index in [0.29, 0.717) is 6.42 Å². The van der Waals surface area contributed by atoms with Gasteiger partial charge in [-0.2, -0.15) is 8.78 Å². The van der Waals surface area contributed by atoms with Gasteiger partial charge in [-0.15, -0.1) is 0 Å². The number of benzene rings is 1. The van der Waals surface area contributed by atoms with E-state index in [1.54, 1.807) is 18.2 Å². The summed E-state index contributed by atoms with van der Waals surface area (Å²) in [5, 5.41) is 12.9. The molecule has 6 nitrogen and oxygen atoms in total. The Labute approximate surface area is 209 Å². The summed E-state index contributed by atoms with van der Waals surface area (Å²) in [4.78, 5) is 30.3. The number of unbranched alkanes of at least 4 members (excludes halogenated alkanes) is 12. The van der Waals surface area contributed by atoms with Crippen LogP contribution < -0.4 is 5.32 Å². The van der Waals surface area contributed by atoms with Gasteiger partial charge in [0, 0.05) is 12.8 Å². The van der Waals surface area contributed by atoms with E-state index < -0.39 is 37.7 Å². The SMILES string of the molecule is CCCCCCCCCCCCCCCC(=O)N[C@@H](CC(F)(F)P(=O)(O)O)[C@@H](O)c1ccccc1. The summed E-state index contributed by atoms with van der Waals surface area (Å²) < 4.78 is 39.3. The monoisotopic (exact) mass is 519 g/mol. The normalized spacial score (nSPS) is 14.0. The van der Waals surface area contributed by atoms with Crippen LogP contribution in [0.1, 0.15) is 115 Å². The van der Waals surface area contributed by atoms with Gasteiger partial charge in [0.05, 0.1) is 12.1 Å². The predicted octanol–water partition coefficient (Wildman–Crippen LogP) is 6.85. The summed E-state index contributed by atoms with van der Waals surface area (Å²) in [5.74, 6) is -0.519. The maximum atomic E-state index is 14.1. The molecule has 1 aromatic carbocycles. The van der Waals surface area contributed by atoms with Crippen LogP contribution >= 0.6 is 7.60 Å². The summed E-state index contributed by atoms with van der Waals surface area (Å²) in [6.45, 7) is 2.22. The first-order valence-corrected chi connectivity index (χ1v) is 14.7. The molecule has 0 aromatic heterocycles. The lowest BCUT2D eigenvalue weighted by atomic mass is 9.99. The van der Waals surface area contributed by atoms with Crippen LogP contribution in [-0.2, 0) is 9.36 Å². The fraction of sp³-hybridized carbons (Fsp3) is 0.731. The molecule has 0 bridgehead atoms. The van der Waals surface area contributed by atoms with Gasteiger partial charge in [0.1, 0.15) is 0 Å². The number of alkyl halides is 2. The Morgan fingerprint density at radius 2 is 1.34 bits per heavy atom. The number of amides is 1. The first-order chi connectivity index (χ1) is 16.6. The van der Waals surface area contributed by atoms with E-state index in [-0.39, 0.29) is 12.0 Å². The van der Waals surface area contributed by atoms with Crippen molar-refractivity contribution >= 4 is 13.5 Å². The van der Waals surface area contributed by atoms with Gasteiger partial charge in [-0.05, 0) is 12.0 Å². The second-order valence-corrected chi connectivity index (χ2v) is 11.2. The molecule has 1 amide bonds. The molecule has 0 spiro atoms. The highest BCUT2D eigenvalue weighted by Gasteiger charge is 2.51. The molecule has 0 fully saturated rings. The van der Waals surface area contributed by atoms with Crippen molar-refractivity contribution in [1.29, 1.82) is 0 Å². The highest BCUT2D eigenvalue weighted by Crippen LogP contribution is 2.55. The second kappa shape index (κ2) is 17.2. The molecule has 4 N–H and O–H groups in total.